The number of hydrogen-bond donors (Lipinski definition) is 4. The van der Waals surface area contributed by atoms with Crippen molar-refractivity contribution >= 4 is 11.4 Å². The second kappa shape index (κ2) is 7.40. The lowest BCUT2D eigenvalue weighted by Crippen LogP contribution is -2.05. The van der Waals surface area contributed by atoms with E-state index in [9.17, 15) is 5.11 Å². The normalized spacial score (nSPS) is 10.3. The number of hydrogen-bond acceptors (Lipinski definition) is 5. The zero-order valence-corrected chi connectivity index (χ0v) is 11.7. The van der Waals surface area contributed by atoms with Crippen molar-refractivity contribution in [3.8, 4) is 11.5 Å². The first-order valence-corrected chi connectivity index (χ1v) is 6.84. The summed E-state index contributed by atoms with van der Waals surface area (Å²) in [6.45, 7) is 0.994. The molecule has 0 saturated heterocycles. The Bertz CT molecular complexity index is 587. The predicted molar refractivity (Wildman–Crippen MR) is 83.5 cm³/mol. The summed E-state index contributed by atoms with van der Waals surface area (Å²) in [4.78, 5) is 0. The van der Waals surface area contributed by atoms with Crippen molar-refractivity contribution in [1.29, 1.82) is 0 Å². The first kappa shape index (κ1) is 15.0. The highest BCUT2D eigenvalue weighted by Gasteiger charge is 2.06. The van der Waals surface area contributed by atoms with E-state index in [0.29, 0.717) is 31.0 Å². The van der Waals surface area contributed by atoms with Crippen LogP contribution >= 0.6 is 0 Å². The minimum absolute atomic E-state index is 0.0929. The lowest BCUT2D eigenvalue weighted by molar-refractivity contribution is 0.234. The van der Waals surface area contributed by atoms with Crippen molar-refractivity contribution in [3.63, 3.8) is 0 Å². The summed E-state index contributed by atoms with van der Waals surface area (Å²) in [6.07, 6.45) is 0.573. The Labute approximate surface area is 124 Å². The molecule has 0 atom stereocenters. The number of benzene rings is 2. The molecule has 5 heteroatoms. The fraction of sp³-hybridized carbons (Fsp3) is 0.250. The molecule has 0 heterocycles. The van der Waals surface area contributed by atoms with Crippen molar-refractivity contribution in [1.82, 2.24) is 0 Å². The number of aliphatic hydroxyl groups is 1. The number of nitrogen functional groups attached to an aromatic ring is 1. The van der Waals surface area contributed by atoms with E-state index in [1.54, 1.807) is 30.3 Å². The molecule has 0 bridgehead atoms. The number of nitrogens with one attached hydrogen (secondary N) is 1. The van der Waals surface area contributed by atoms with Crippen LogP contribution in [0, 0.1) is 0 Å². The number of ether oxygens (including phenoxy) is 1. The maximum Gasteiger partial charge on any atom is 0.142 e. The van der Waals surface area contributed by atoms with Crippen molar-refractivity contribution in [2.75, 3.05) is 24.3 Å². The van der Waals surface area contributed by atoms with Crippen molar-refractivity contribution in [2.24, 2.45) is 0 Å². The SMILES string of the molecule is Nc1ccc(OCCCO)c(NCc2ccccc2O)c1. The lowest BCUT2D eigenvalue weighted by atomic mass is 10.2. The summed E-state index contributed by atoms with van der Waals surface area (Å²) < 4.78 is 5.61. The number of rotatable bonds is 7. The van der Waals surface area contributed by atoms with E-state index in [1.807, 2.05) is 12.1 Å². The van der Waals surface area contributed by atoms with E-state index in [4.69, 9.17) is 15.6 Å². The summed E-state index contributed by atoms with van der Waals surface area (Å²) in [5, 5.41) is 21.8. The summed E-state index contributed by atoms with van der Waals surface area (Å²) in [6, 6.07) is 12.5. The summed E-state index contributed by atoms with van der Waals surface area (Å²) >= 11 is 0. The maximum absolute atomic E-state index is 9.76. The lowest BCUT2D eigenvalue weighted by Gasteiger charge is -2.14. The number of anilines is 2. The van der Waals surface area contributed by atoms with Crippen LogP contribution in [-0.2, 0) is 6.54 Å². The molecule has 21 heavy (non-hydrogen) atoms. The zero-order valence-electron chi connectivity index (χ0n) is 11.7. The van der Waals surface area contributed by atoms with Crippen LogP contribution in [-0.4, -0.2) is 23.4 Å². The van der Waals surface area contributed by atoms with Gasteiger partial charge in [-0.2, -0.15) is 0 Å². The van der Waals surface area contributed by atoms with Crippen molar-refractivity contribution < 1.29 is 14.9 Å². The monoisotopic (exact) mass is 288 g/mol. The third kappa shape index (κ3) is 4.29. The average molecular weight is 288 g/mol. The standard InChI is InChI=1S/C16H20N2O3/c17-13-6-7-16(21-9-3-8-19)14(10-13)18-11-12-4-1-2-5-15(12)20/h1-2,4-7,10,18-20H,3,8-9,11,17H2. The molecule has 0 aromatic heterocycles. The van der Waals surface area contributed by atoms with Gasteiger partial charge in [-0.3, -0.25) is 0 Å². The molecule has 0 amide bonds. The maximum atomic E-state index is 9.76. The molecule has 2 rings (SSSR count). The van der Waals surface area contributed by atoms with Crippen LogP contribution in [0.4, 0.5) is 11.4 Å². The van der Waals surface area contributed by atoms with Gasteiger partial charge in [0.15, 0.2) is 0 Å². The molecule has 0 radical (unpaired) electrons. The van der Waals surface area contributed by atoms with E-state index in [-0.39, 0.29) is 12.4 Å². The van der Waals surface area contributed by atoms with Crippen LogP contribution in [0.1, 0.15) is 12.0 Å². The van der Waals surface area contributed by atoms with E-state index < -0.39 is 0 Å². The highest BCUT2D eigenvalue weighted by atomic mass is 16.5. The second-order valence-corrected chi connectivity index (χ2v) is 4.66. The number of para-hydroxylation sites is 1. The van der Waals surface area contributed by atoms with Gasteiger partial charge in [-0.15, -0.1) is 0 Å². The number of phenolic OH excluding ortho intramolecular Hbond substituents is 1. The molecule has 0 aliphatic rings. The summed E-state index contributed by atoms with van der Waals surface area (Å²) in [5.74, 6) is 0.921. The number of nitrogens with two attached hydrogens (primary N) is 1. The Hall–Kier alpha value is -2.40. The van der Waals surface area contributed by atoms with Gasteiger partial charge in [0.1, 0.15) is 11.5 Å². The Morgan fingerprint density at radius 2 is 1.95 bits per heavy atom. The molecule has 2 aromatic rings. The van der Waals surface area contributed by atoms with Crippen molar-refractivity contribution in [2.45, 2.75) is 13.0 Å². The average Bonchev–Trinajstić information content (AvgIpc) is 2.48. The molecule has 112 valence electrons. The molecule has 0 spiro atoms. The molecule has 5 N–H and O–H groups in total. The molecule has 0 fully saturated rings. The Kier molecular flexibility index (Phi) is 5.29. The smallest absolute Gasteiger partial charge is 0.142 e. The summed E-state index contributed by atoms with van der Waals surface area (Å²) in [7, 11) is 0. The molecule has 0 saturated carbocycles. The summed E-state index contributed by atoms with van der Waals surface area (Å²) in [5.41, 5.74) is 7.98. The Morgan fingerprint density at radius 3 is 2.71 bits per heavy atom. The minimum Gasteiger partial charge on any atom is -0.508 e. The van der Waals surface area contributed by atoms with Gasteiger partial charge in [0, 0.05) is 30.8 Å². The van der Waals surface area contributed by atoms with Gasteiger partial charge >= 0.3 is 0 Å². The largest absolute Gasteiger partial charge is 0.508 e. The van der Waals surface area contributed by atoms with Gasteiger partial charge in [-0.05, 0) is 24.3 Å². The van der Waals surface area contributed by atoms with Gasteiger partial charge in [0.2, 0.25) is 0 Å². The first-order valence-electron chi connectivity index (χ1n) is 6.84. The fourth-order valence-electron chi connectivity index (χ4n) is 1.91. The van der Waals surface area contributed by atoms with Crippen LogP contribution in [0.15, 0.2) is 42.5 Å². The molecule has 5 nitrogen and oxygen atoms in total. The van der Waals surface area contributed by atoms with E-state index in [1.165, 1.54) is 0 Å². The molecular weight excluding hydrogens is 268 g/mol. The second-order valence-electron chi connectivity index (χ2n) is 4.66. The number of aliphatic hydroxyl groups excluding tert-OH is 1. The van der Waals surface area contributed by atoms with Gasteiger partial charge < -0.3 is 26.0 Å². The molecular formula is C16H20N2O3. The number of aromatic hydroxyl groups is 1. The van der Waals surface area contributed by atoms with E-state index in [2.05, 4.69) is 5.32 Å². The van der Waals surface area contributed by atoms with E-state index >= 15 is 0 Å². The van der Waals surface area contributed by atoms with Crippen LogP contribution in [0.2, 0.25) is 0 Å². The zero-order chi connectivity index (χ0) is 15.1. The highest BCUT2D eigenvalue weighted by molar-refractivity contribution is 5.63. The third-order valence-electron chi connectivity index (χ3n) is 3.02. The third-order valence-corrected chi connectivity index (χ3v) is 3.02. The Balaban J connectivity index is 2.07. The molecule has 2 aromatic carbocycles. The quantitative estimate of drug-likeness (QED) is 0.464. The molecule has 0 aliphatic carbocycles. The highest BCUT2D eigenvalue weighted by Crippen LogP contribution is 2.28. The predicted octanol–water partition coefficient (Wildman–Crippen LogP) is 2.35. The van der Waals surface area contributed by atoms with E-state index in [0.717, 1.165) is 11.3 Å². The fourth-order valence-corrected chi connectivity index (χ4v) is 1.91. The number of phenols is 1. The van der Waals surface area contributed by atoms with Crippen molar-refractivity contribution in [3.05, 3.63) is 48.0 Å². The molecule has 0 aliphatic heterocycles. The minimum atomic E-state index is 0.0929. The Morgan fingerprint density at radius 1 is 1.14 bits per heavy atom. The van der Waals surface area contributed by atoms with Crippen LogP contribution in [0.3, 0.4) is 0 Å². The van der Waals surface area contributed by atoms with Gasteiger partial charge in [0.05, 0.1) is 12.3 Å². The van der Waals surface area contributed by atoms with Gasteiger partial charge in [0.25, 0.3) is 0 Å². The van der Waals surface area contributed by atoms with Crippen LogP contribution in [0.5, 0.6) is 11.5 Å². The van der Waals surface area contributed by atoms with Gasteiger partial charge in [-0.25, -0.2) is 0 Å². The van der Waals surface area contributed by atoms with Crippen LogP contribution < -0.4 is 15.8 Å². The topological polar surface area (TPSA) is 87.7 Å². The first-order chi connectivity index (χ1) is 10.2. The molecule has 0 unspecified atom stereocenters. The van der Waals surface area contributed by atoms with Gasteiger partial charge in [-0.1, -0.05) is 18.2 Å². The van der Waals surface area contributed by atoms with Crippen LogP contribution in [0.25, 0.3) is 0 Å².